The molecule has 0 saturated heterocycles. The monoisotopic (exact) mass is 202 g/mol. The molecule has 1 heterocycles. The SMILES string of the molecule is CNC(=O)c1ccc2ccc(O)cc2n1. The van der Waals surface area contributed by atoms with Crippen molar-refractivity contribution >= 4 is 16.8 Å². The van der Waals surface area contributed by atoms with Crippen molar-refractivity contribution in [3.8, 4) is 5.75 Å². The highest BCUT2D eigenvalue weighted by atomic mass is 16.3. The Kier molecular flexibility index (Phi) is 2.25. The first-order valence-electron chi connectivity index (χ1n) is 4.52. The lowest BCUT2D eigenvalue weighted by molar-refractivity contribution is 0.0958. The molecule has 0 spiro atoms. The Morgan fingerprint density at radius 3 is 2.80 bits per heavy atom. The van der Waals surface area contributed by atoms with Gasteiger partial charge < -0.3 is 10.4 Å². The molecule has 4 nitrogen and oxygen atoms in total. The molecule has 0 aliphatic heterocycles. The van der Waals surface area contributed by atoms with Crippen LogP contribution in [0, 0.1) is 0 Å². The van der Waals surface area contributed by atoms with Crippen LogP contribution in [0.2, 0.25) is 0 Å². The summed E-state index contributed by atoms with van der Waals surface area (Å²) in [6.07, 6.45) is 0. The summed E-state index contributed by atoms with van der Waals surface area (Å²) in [6.45, 7) is 0. The minimum Gasteiger partial charge on any atom is -0.508 e. The Bertz CT molecular complexity index is 523. The fourth-order valence-electron chi connectivity index (χ4n) is 1.36. The number of aromatic hydroxyl groups is 1. The average molecular weight is 202 g/mol. The van der Waals surface area contributed by atoms with Crippen molar-refractivity contribution in [2.24, 2.45) is 0 Å². The molecule has 0 aliphatic rings. The summed E-state index contributed by atoms with van der Waals surface area (Å²) in [5, 5.41) is 12.7. The van der Waals surface area contributed by atoms with Crippen molar-refractivity contribution in [3.63, 3.8) is 0 Å². The van der Waals surface area contributed by atoms with Gasteiger partial charge in [-0.1, -0.05) is 6.07 Å². The molecule has 1 amide bonds. The number of hydrogen-bond donors (Lipinski definition) is 2. The maximum atomic E-state index is 11.3. The van der Waals surface area contributed by atoms with E-state index in [1.807, 2.05) is 0 Å². The smallest absolute Gasteiger partial charge is 0.269 e. The lowest BCUT2D eigenvalue weighted by Crippen LogP contribution is -2.18. The van der Waals surface area contributed by atoms with E-state index in [4.69, 9.17) is 0 Å². The molecule has 2 rings (SSSR count). The van der Waals surface area contributed by atoms with Gasteiger partial charge in [0.1, 0.15) is 11.4 Å². The van der Waals surface area contributed by atoms with E-state index in [1.165, 1.54) is 6.07 Å². The standard InChI is InChI=1S/C11H10N2O2/c1-12-11(15)9-5-3-7-2-4-8(14)6-10(7)13-9/h2-6,14H,1H3,(H,12,15). The largest absolute Gasteiger partial charge is 0.508 e. The molecule has 2 N–H and O–H groups in total. The zero-order chi connectivity index (χ0) is 10.8. The van der Waals surface area contributed by atoms with Crippen LogP contribution in [0.15, 0.2) is 30.3 Å². The third-order valence-corrected chi connectivity index (χ3v) is 2.14. The second kappa shape index (κ2) is 3.57. The third-order valence-electron chi connectivity index (χ3n) is 2.14. The molecule has 76 valence electrons. The van der Waals surface area contributed by atoms with E-state index in [1.54, 1.807) is 31.3 Å². The maximum absolute atomic E-state index is 11.3. The minimum atomic E-state index is -0.236. The van der Waals surface area contributed by atoms with Crippen LogP contribution in [0.3, 0.4) is 0 Å². The minimum absolute atomic E-state index is 0.143. The fraction of sp³-hybridized carbons (Fsp3) is 0.0909. The van der Waals surface area contributed by atoms with Gasteiger partial charge in [-0.2, -0.15) is 0 Å². The molecule has 2 aromatic rings. The highest BCUT2D eigenvalue weighted by Crippen LogP contribution is 2.18. The Hall–Kier alpha value is -2.10. The summed E-state index contributed by atoms with van der Waals surface area (Å²) in [7, 11) is 1.55. The van der Waals surface area contributed by atoms with Crippen molar-refractivity contribution in [2.45, 2.75) is 0 Å². The summed E-state index contributed by atoms with van der Waals surface area (Å²) in [4.78, 5) is 15.4. The van der Waals surface area contributed by atoms with Crippen molar-refractivity contribution in [3.05, 3.63) is 36.0 Å². The fourth-order valence-corrected chi connectivity index (χ4v) is 1.36. The molecule has 15 heavy (non-hydrogen) atoms. The Balaban J connectivity index is 2.59. The van der Waals surface area contributed by atoms with Gasteiger partial charge in [-0.05, 0) is 18.2 Å². The molecule has 0 aliphatic carbocycles. The van der Waals surface area contributed by atoms with E-state index >= 15 is 0 Å². The first kappa shape index (κ1) is 9.45. The molecule has 0 unspecified atom stereocenters. The molecule has 0 fully saturated rings. The van der Waals surface area contributed by atoms with E-state index in [9.17, 15) is 9.90 Å². The van der Waals surface area contributed by atoms with Crippen LogP contribution in [0.5, 0.6) is 5.75 Å². The summed E-state index contributed by atoms with van der Waals surface area (Å²) < 4.78 is 0. The quantitative estimate of drug-likeness (QED) is 0.732. The lowest BCUT2D eigenvalue weighted by Gasteiger charge is -2.01. The van der Waals surface area contributed by atoms with Gasteiger partial charge in [0.15, 0.2) is 0 Å². The van der Waals surface area contributed by atoms with Gasteiger partial charge in [0.25, 0.3) is 5.91 Å². The molecule has 0 bridgehead atoms. The number of phenolic OH excluding ortho intramolecular Hbond substituents is 1. The van der Waals surface area contributed by atoms with Gasteiger partial charge in [0.05, 0.1) is 5.52 Å². The van der Waals surface area contributed by atoms with E-state index < -0.39 is 0 Å². The number of benzene rings is 1. The number of fused-ring (bicyclic) bond motifs is 1. The molecular formula is C11H10N2O2. The normalized spacial score (nSPS) is 10.2. The van der Waals surface area contributed by atoms with E-state index in [-0.39, 0.29) is 11.7 Å². The van der Waals surface area contributed by atoms with Gasteiger partial charge in [0, 0.05) is 18.5 Å². The number of hydrogen-bond acceptors (Lipinski definition) is 3. The number of carbonyl (C=O) groups excluding carboxylic acids is 1. The Labute approximate surface area is 86.6 Å². The Morgan fingerprint density at radius 2 is 2.07 bits per heavy atom. The van der Waals surface area contributed by atoms with Crippen LogP contribution < -0.4 is 5.32 Å². The van der Waals surface area contributed by atoms with Crippen LogP contribution in [-0.2, 0) is 0 Å². The second-order valence-corrected chi connectivity index (χ2v) is 3.15. The summed E-state index contributed by atoms with van der Waals surface area (Å²) in [5.74, 6) is -0.0932. The van der Waals surface area contributed by atoms with E-state index in [0.717, 1.165) is 5.39 Å². The number of amides is 1. The van der Waals surface area contributed by atoms with Gasteiger partial charge in [-0.25, -0.2) is 4.98 Å². The number of aromatic nitrogens is 1. The van der Waals surface area contributed by atoms with Crippen molar-refractivity contribution in [1.29, 1.82) is 0 Å². The highest BCUT2D eigenvalue weighted by molar-refractivity contribution is 5.94. The number of nitrogens with one attached hydrogen (secondary N) is 1. The van der Waals surface area contributed by atoms with Crippen LogP contribution in [0.25, 0.3) is 10.9 Å². The van der Waals surface area contributed by atoms with Crippen LogP contribution >= 0.6 is 0 Å². The third kappa shape index (κ3) is 1.74. The van der Waals surface area contributed by atoms with Gasteiger partial charge >= 0.3 is 0 Å². The van der Waals surface area contributed by atoms with Crippen molar-refractivity contribution < 1.29 is 9.90 Å². The summed E-state index contributed by atoms with van der Waals surface area (Å²) in [6, 6.07) is 8.32. The van der Waals surface area contributed by atoms with Gasteiger partial charge in [-0.15, -0.1) is 0 Å². The summed E-state index contributed by atoms with van der Waals surface area (Å²) in [5.41, 5.74) is 0.951. The highest BCUT2D eigenvalue weighted by Gasteiger charge is 2.05. The predicted molar refractivity (Wildman–Crippen MR) is 56.8 cm³/mol. The number of rotatable bonds is 1. The Morgan fingerprint density at radius 1 is 1.33 bits per heavy atom. The van der Waals surface area contributed by atoms with E-state index in [0.29, 0.717) is 11.2 Å². The molecule has 1 aromatic carbocycles. The van der Waals surface area contributed by atoms with Crippen LogP contribution in [0.4, 0.5) is 0 Å². The number of carbonyl (C=O) groups is 1. The zero-order valence-corrected chi connectivity index (χ0v) is 8.19. The molecule has 1 aromatic heterocycles. The van der Waals surface area contributed by atoms with Gasteiger partial charge in [0.2, 0.25) is 0 Å². The molecule has 0 saturated carbocycles. The lowest BCUT2D eigenvalue weighted by atomic mass is 10.2. The zero-order valence-electron chi connectivity index (χ0n) is 8.19. The first-order valence-corrected chi connectivity index (χ1v) is 4.52. The molecule has 0 atom stereocenters. The van der Waals surface area contributed by atoms with Crippen molar-refractivity contribution in [2.75, 3.05) is 7.05 Å². The van der Waals surface area contributed by atoms with Crippen LogP contribution in [0.1, 0.15) is 10.5 Å². The average Bonchev–Trinajstić information content (AvgIpc) is 2.27. The van der Waals surface area contributed by atoms with Crippen molar-refractivity contribution in [1.82, 2.24) is 10.3 Å². The number of phenols is 1. The summed E-state index contributed by atoms with van der Waals surface area (Å²) >= 11 is 0. The molecule has 0 radical (unpaired) electrons. The molecule has 4 heteroatoms. The number of pyridine rings is 1. The maximum Gasteiger partial charge on any atom is 0.269 e. The number of nitrogens with zero attached hydrogens (tertiary/aromatic N) is 1. The van der Waals surface area contributed by atoms with E-state index in [2.05, 4.69) is 10.3 Å². The predicted octanol–water partition coefficient (Wildman–Crippen LogP) is 1.30. The molecular weight excluding hydrogens is 192 g/mol. The second-order valence-electron chi connectivity index (χ2n) is 3.15. The first-order chi connectivity index (χ1) is 7.20. The van der Waals surface area contributed by atoms with Gasteiger partial charge in [-0.3, -0.25) is 4.79 Å². The van der Waals surface area contributed by atoms with Crippen LogP contribution in [-0.4, -0.2) is 23.0 Å². The topological polar surface area (TPSA) is 62.2 Å².